The molecule has 1 aromatic heterocycles. The molecule has 0 unspecified atom stereocenters. The maximum Gasteiger partial charge on any atom is 0.301 e. The molecule has 0 atom stereocenters. The van der Waals surface area contributed by atoms with E-state index < -0.39 is 4.92 Å². The van der Waals surface area contributed by atoms with Crippen LogP contribution in [0.2, 0.25) is 0 Å². The van der Waals surface area contributed by atoms with Crippen LogP contribution in [-0.4, -0.2) is 22.1 Å². The summed E-state index contributed by atoms with van der Waals surface area (Å²) < 4.78 is 5.15. The lowest BCUT2D eigenvalue weighted by Gasteiger charge is -2.09. The first-order chi connectivity index (χ1) is 14.1. The molecule has 8 heteroatoms. The molecule has 0 aliphatic rings. The normalized spacial score (nSPS) is 10.6. The van der Waals surface area contributed by atoms with E-state index in [-0.39, 0.29) is 12.3 Å². The molecule has 2 N–H and O–H groups in total. The third-order valence-electron chi connectivity index (χ3n) is 4.25. The molecule has 0 radical (unpaired) electrons. The van der Waals surface area contributed by atoms with E-state index in [1.54, 1.807) is 13.2 Å². The third kappa shape index (κ3) is 5.69. The summed E-state index contributed by atoms with van der Waals surface area (Å²) in [6.07, 6.45) is 0. The fraction of sp³-hybridized carbons (Fsp3) is 0.190. The average Bonchev–Trinajstić information content (AvgIpc) is 2.76. The highest BCUT2D eigenvalue weighted by atomic mass is 32.2. The van der Waals surface area contributed by atoms with Gasteiger partial charge < -0.3 is 15.2 Å². The van der Waals surface area contributed by atoms with E-state index in [2.05, 4.69) is 10.3 Å². The van der Waals surface area contributed by atoms with Gasteiger partial charge in [0.25, 0.3) is 0 Å². The van der Waals surface area contributed by atoms with Crippen molar-refractivity contribution < 1.29 is 14.8 Å². The molecule has 0 aliphatic heterocycles. The molecule has 150 valence electrons. The Morgan fingerprint density at radius 3 is 2.31 bits per heavy atom. The Morgan fingerprint density at radius 1 is 1.03 bits per heavy atom. The Bertz CT molecular complexity index is 963. The molecule has 0 saturated heterocycles. The molecule has 29 heavy (non-hydrogen) atoms. The third-order valence-corrected chi connectivity index (χ3v) is 5.30. The number of aliphatic hydroxyl groups is 1. The highest BCUT2D eigenvalue weighted by molar-refractivity contribution is 7.98. The van der Waals surface area contributed by atoms with E-state index in [0.29, 0.717) is 23.1 Å². The first-order valence-corrected chi connectivity index (χ1v) is 9.91. The molecule has 0 amide bonds. The molecule has 3 rings (SSSR count). The Balaban J connectivity index is 1.69. The number of hydrogen-bond acceptors (Lipinski definition) is 7. The lowest BCUT2D eigenvalue weighted by atomic mass is 10.1. The maximum absolute atomic E-state index is 11.4. The summed E-state index contributed by atoms with van der Waals surface area (Å²) in [7, 11) is 1.61. The van der Waals surface area contributed by atoms with Crippen molar-refractivity contribution in [2.24, 2.45) is 0 Å². The monoisotopic (exact) mass is 411 g/mol. The van der Waals surface area contributed by atoms with Crippen LogP contribution in [0.3, 0.4) is 0 Å². The van der Waals surface area contributed by atoms with Crippen molar-refractivity contribution in [1.29, 1.82) is 0 Å². The fourth-order valence-electron chi connectivity index (χ4n) is 2.61. The van der Waals surface area contributed by atoms with Gasteiger partial charge in [0.1, 0.15) is 11.6 Å². The SMILES string of the molecule is COc1ccc(CSc2nc(NCc3ccc(CO)cc3)ccc2[N+](=O)[O-])cc1. The minimum atomic E-state index is -0.416. The van der Waals surface area contributed by atoms with Crippen molar-refractivity contribution in [3.8, 4) is 5.75 Å². The molecule has 2 aromatic carbocycles. The second-order valence-corrected chi connectivity index (χ2v) is 7.21. The summed E-state index contributed by atoms with van der Waals surface area (Å²) in [5.74, 6) is 1.89. The van der Waals surface area contributed by atoms with Gasteiger partial charge >= 0.3 is 5.69 Å². The predicted molar refractivity (Wildman–Crippen MR) is 113 cm³/mol. The van der Waals surface area contributed by atoms with Gasteiger partial charge in [0, 0.05) is 18.4 Å². The van der Waals surface area contributed by atoms with Crippen molar-refractivity contribution in [2.75, 3.05) is 12.4 Å². The molecule has 0 aliphatic carbocycles. The van der Waals surface area contributed by atoms with Crippen LogP contribution in [0.15, 0.2) is 65.7 Å². The summed E-state index contributed by atoms with van der Waals surface area (Å²) in [6, 6.07) is 18.2. The number of hydrogen-bond donors (Lipinski definition) is 2. The van der Waals surface area contributed by atoms with Crippen LogP contribution in [-0.2, 0) is 18.9 Å². The number of pyridine rings is 1. The Kier molecular flexibility index (Phi) is 7.04. The van der Waals surface area contributed by atoms with Gasteiger partial charge in [-0.3, -0.25) is 10.1 Å². The number of benzene rings is 2. The molecular weight excluding hydrogens is 390 g/mol. The van der Waals surface area contributed by atoms with Gasteiger partial charge in [-0.05, 0) is 34.9 Å². The van der Waals surface area contributed by atoms with Crippen LogP contribution in [0.4, 0.5) is 11.5 Å². The van der Waals surface area contributed by atoms with E-state index in [9.17, 15) is 10.1 Å². The Labute approximate surface area is 172 Å². The maximum atomic E-state index is 11.4. The summed E-state index contributed by atoms with van der Waals surface area (Å²) in [5, 5.41) is 24.0. The summed E-state index contributed by atoms with van der Waals surface area (Å²) in [5.41, 5.74) is 2.88. The smallest absolute Gasteiger partial charge is 0.301 e. The zero-order valence-electron chi connectivity index (χ0n) is 15.9. The van der Waals surface area contributed by atoms with Crippen LogP contribution < -0.4 is 10.1 Å². The number of ether oxygens (including phenoxy) is 1. The van der Waals surface area contributed by atoms with Gasteiger partial charge in [-0.1, -0.05) is 48.2 Å². The zero-order valence-corrected chi connectivity index (χ0v) is 16.7. The number of rotatable bonds is 9. The van der Waals surface area contributed by atoms with Crippen LogP contribution >= 0.6 is 11.8 Å². The minimum Gasteiger partial charge on any atom is -0.497 e. The molecule has 3 aromatic rings. The number of methoxy groups -OCH3 is 1. The molecule has 1 heterocycles. The van der Waals surface area contributed by atoms with Gasteiger partial charge in [-0.15, -0.1) is 0 Å². The van der Waals surface area contributed by atoms with E-state index in [1.807, 2.05) is 48.5 Å². The number of aromatic nitrogens is 1. The minimum absolute atomic E-state index is 0.00634. The number of nitro groups is 1. The van der Waals surface area contributed by atoms with Crippen LogP contribution in [0.25, 0.3) is 0 Å². The van der Waals surface area contributed by atoms with Gasteiger partial charge in [0.15, 0.2) is 5.03 Å². The standard InChI is InChI=1S/C21H21N3O4S/c1-28-18-8-6-17(7-9-18)14-29-21-19(24(26)27)10-11-20(23-21)22-12-15-2-4-16(13-25)5-3-15/h2-11,25H,12-14H2,1H3,(H,22,23). The number of nitrogens with zero attached hydrogens (tertiary/aromatic N) is 2. The molecule has 0 saturated carbocycles. The fourth-order valence-corrected chi connectivity index (χ4v) is 3.55. The topological polar surface area (TPSA) is 97.5 Å². The second-order valence-electron chi connectivity index (χ2n) is 6.24. The average molecular weight is 411 g/mol. The number of thioether (sulfide) groups is 1. The largest absolute Gasteiger partial charge is 0.497 e. The Hall–Kier alpha value is -3.10. The summed E-state index contributed by atoms with van der Waals surface area (Å²) >= 11 is 1.32. The Morgan fingerprint density at radius 2 is 1.69 bits per heavy atom. The van der Waals surface area contributed by atoms with Crippen LogP contribution in [0, 0.1) is 10.1 Å². The highest BCUT2D eigenvalue weighted by Gasteiger charge is 2.17. The highest BCUT2D eigenvalue weighted by Crippen LogP contribution is 2.31. The van der Waals surface area contributed by atoms with Gasteiger partial charge in [0.2, 0.25) is 0 Å². The lowest BCUT2D eigenvalue weighted by Crippen LogP contribution is -2.03. The first kappa shape index (κ1) is 20.6. The predicted octanol–water partition coefficient (Wildman–Crippen LogP) is 4.40. The van der Waals surface area contributed by atoms with Crippen LogP contribution in [0.5, 0.6) is 5.75 Å². The number of aliphatic hydroxyl groups excluding tert-OH is 1. The van der Waals surface area contributed by atoms with E-state index in [0.717, 1.165) is 22.4 Å². The number of nitrogens with one attached hydrogen (secondary N) is 1. The van der Waals surface area contributed by atoms with Gasteiger partial charge in [-0.2, -0.15) is 0 Å². The van der Waals surface area contributed by atoms with E-state index in [4.69, 9.17) is 9.84 Å². The summed E-state index contributed by atoms with van der Waals surface area (Å²) in [4.78, 5) is 15.4. The van der Waals surface area contributed by atoms with Gasteiger partial charge in [0.05, 0.1) is 18.6 Å². The van der Waals surface area contributed by atoms with Crippen molar-refractivity contribution in [1.82, 2.24) is 4.98 Å². The quantitative estimate of drug-likeness (QED) is 0.306. The second kappa shape index (κ2) is 9.90. The molecule has 0 spiro atoms. The van der Waals surface area contributed by atoms with E-state index in [1.165, 1.54) is 17.8 Å². The molecular formula is C21H21N3O4S. The lowest BCUT2D eigenvalue weighted by molar-refractivity contribution is -0.388. The molecule has 7 nitrogen and oxygen atoms in total. The summed E-state index contributed by atoms with van der Waals surface area (Å²) in [6.45, 7) is 0.533. The van der Waals surface area contributed by atoms with Crippen molar-refractivity contribution in [3.63, 3.8) is 0 Å². The van der Waals surface area contributed by atoms with Gasteiger partial charge in [-0.25, -0.2) is 4.98 Å². The molecule has 0 bridgehead atoms. The van der Waals surface area contributed by atoms with Crippen molar-refractivity contribution in [3.05, 3.63) is 87.5 Å². The molecule has 0 fully saturated rings. The number of anilines is 1. The van der Waals surface area contributed by atoms with E-state index >= 15 is 0 Å². The zero-order chi connectivity index (χ0) is 20.6. The van der Waals surface area contributed by atoms with Crippen molar-refractivity contribution in [2.45, 2.75) is 23.9 Å². The van der Waals surface area contributed by atoms with Crippen molar-refractivity contribution >= 4 is 23.3 Å². The van der Waals surface area contributed by atoms with Crippen LogP contribution in [0.1, 0.15) is 16.7 Å². The first-order valence-electron chi connectivity index (χ1n) is 8.92.